The van der Waals surface area contributed by atoms with Crippen LogP contribution in [0.1, 0.15) is 58.3 Å². The molecular formula is C16H32N2O. The van der Waals surface area contributed by atoms with Gasteiger partial charge in [0.2, 0.25) is 0 Å². The summed E-state index contributed by atoms with van der Waals surface area (Å²) < 4.78 is 0. The van der Waals surface area contributed by atoms with Crippen molar-refractivity contribution >= 4 is 0 Å². The van der Waals surface area contributed by atoms with E-state index in [1.165, 1.54) is 64.5 Å². The Morgan fingerprint density at radius 3 is 2.37 bits per heavy atom. The van der Waals surface area contributed by atoms with Crippen molar-refractivity contribution in [2.24, 2.45) is 5.41 Å². The SMILES string of the molecule is CCN(CCO)CC1(CNC2CC2)CCCCCC1. The average Bonchev–Trinajstić information content (AvgIpc) is 3.24. The maximum Gasteiger partial charge on any atom is 0.0558 e. The molecule has 0 radical (unpaired) electrons. The summed E-state index contributed by atoms with van der Waals surface area (Å²) in [6.07, 6.45) is 11.1. The van der Waals surface area contributed by atoms with E-state index < -0.39 is 0 Å². The van der Waals surface area contributed by atoms with Gasteiger partial charge in [0.05, 0.1) is 6.61 Å². The lowest BCUT2D eigenvalue weighted by molar-refractivity contribution is 0.112. The van der Waals surface area contributed by atoms with Crippen molar-refractivity contribution in [1.82, 2.24) is 10.2 Å². The van der Waals surface area contributed by atoms with E-state index in [1.54, 1.807) is 0 Å². The van der Waals surface area contributed by atoms with Gasteiger partial charge in [0.15, 0.2) is 0 Å². The maximum atomic E-state index is 9.21. The van der Waals surface area contributed by atoms with Gasteiger partial charge in [-0.25, -0.2) is 0 Å². The minimum absolute atomic E-state index is 0.292. The van der Waals surface area contributed by atoms with E-state index in [2.05, 4.69) is 17.1 Å². The number of aliphatic hydroxyl groups is 1. The number of aliphatic hydroxyl groups excluding tert-OH is 1. The van der Waals surface area contributed by atoms with Crippen LogP contribution in [-0.4, -0.2) is 48.8 Å². The molecule has 2 aliphatic rings. The molecule has 2 saturated carbocycles. The van der Waals surface area contributed by atoms with Gasteiger partial charge >= 0.3 is 0 Å². The molecule has 0 saturated heterocycles. The van der Waals surface area contributed by atoms with E-state index in [9.17, 15) is 5.11 Å². The molecule has 0 bridgehead atoms. The van der Waals surface area contributed by atoms with Crippen LogP contribution in [0.25, 0.3) is 0 Å². The van der Waals surface area contributed by atoms with E-state index in [1.807, 2.05) is 0 Å². The summed E-state index contributed by atoms with van der Waals surface area (Å²) in [5.74, 6) is 0. The molecule has 0 atom stereocenters. The first kappa shape index (κ1) is 15.3. The van der Waals surface area contributed by atoms with Crippen molar-refractivity contribution in [3.05, 3.63) is 0 Å². The molecule has 0 amide bonds. The van der Waals surface area contributed by atoms with Gasteiger partial charge in [0.1, 0.15) is 0 Å². The first-order chi connectivity index (χ1) is 9.28. The van der Waals surface area contributed by atoms with Crippen molar-refractivity contribution in [1.29, 1.82) is 0 Å². The summed E-state index contributed by atoms with van der Waals surface area (Å²) in [4.78, 5) is 2.44. The maximum absolute atomic E-state index is 9.21. The topological polar surface area (TPSA) is 35.5 Å². The minimum Gasteiger partial charge on any atom is -0.395 e. The van der Waals surface area contributed by atoms with Crippen molar-refractivity contribution < 1.29 is 5.11 Å². The predicted molar refractivity (Wildman–Crippen MR) is 80.4 cm³/mol. The highest BCUT2D eigenvalue weighted by Gasteiger charge is 2.34. The second-order valence-electron chi connectivity index (χ2n) is 6.66. The molecule has 2 aliphatic carbocycles. The van der Waals surface area contributed by atoms with Crippen molar-refractivity contribution in [2.45, 2.75) is 64.3 Å². The Hall–Kier alpha value is -0.120. The second-order valence-corrected chi connectivity index (χ2v) is 6.66. The average molecular weight is 268 g/mol. The molecule has 2 N–H and O–H groups in total. The molecular weight excluding hydrogens is 236 g/mol. The fraction of sp³-hybridized carbons (Fsp3) is 1.00. The molecule has 0 aliphatic heterocycles. The zero-order valence-electron chi connectivity index (χ0n) is 12.7. The third-order valence-electron chi connectivity index (χ3n) is 4.93. The van der Waals surface area contributed by atoms with Gasteiger partial charge < -0.3 is 15.3 Å². The highest BCUT2D eigenvalue weighted by atomic mass is 16.3. The highest BCUT2D eigenvalue weighted by Crippen LogP contribution is 2.36. The third-order valence-corrected chi connectivity index (χ3v) is 4.93. The van der Waals surface area contributed by atoms with E-state index in [0.717, 1.165) is 19.1 Å². The standard InChI is InChI=1S/C16H32N2O/c1-2-18(11-12-19)14-16(13-17-15-7-8-15)9-5-3-4-6-10-16/h15,17,19H,2-14H2,1H3. The van der Waals surface area contributed by atoms with Gasteiger partial charge in [-0.15, -0.1) is 0 Å². The molecule has 0 heterocycles. The van der Waals surface area contributed by atoms with Gasteiger partial charge in [0, 0.05) is 25.7 Å². The first-order valence-corrected chi connectivity index (χ1v) is 8.34. The van der Waals surface area contributed by atoms with Gasteiger partial charge in [-0.3, -0.25) is 0 Å². The number of rotatable bonds is 8. The van der Waals surface area contributed by atoms with Crippen molar-refractivity contribution in [3.63, 3.8) is 0 Å². The van der Waals surface area contributed by atoms with Crippen LogP contribution in [-0.2, 0) is 0 Å². The Labute approximate surface area is 118 Å². The number of nitrogens with zero attached hydrogens (tertiary/aromatic N) is 1. The van der Waals surface area contributed by atoms with E-state index >= 15 is 0 Å². The van der Waals surface area contributed by atoms with Gasteiger partial charge in [-0.2, -0.15) is 0 Å². The Bertz CT molecular complexity index is 245. The molecule has 0 aromatic rings. The first-order valence-electron chi connectivity index (χ1n) is 8.34. The van der Waals surface area contributed by atoms with Crippen molar-refractivity contribution in [2.75, 3.05) is 32.8 Å². The Morgan fingerprint density at radius 2 is 1.84 bits per heavy atom. The molecule has 0 unspecified atom stereocenters. The van der Waals surface area contributed by atoms with Crippen LogP contribution in [0.15, 0.2) is 0 Å². The van der Waals surface area contributed by atoms with Crippen LogP contribution in [0.2, 0.25) is 0 Å². The summed E-state index contributed by atoms with van der Waals surface area (Å²) >= 11 is 0. The van der Waals surface area contributed by atoms with Crippen LogP contribution >= 0.6 is 0 Å². The third kappa shape index (κ3) is 5.05. The summed E-state index contributed by atoms with van der Waals surface area (Å²) in [5, 5.41) is 13.0. The molecule has 0 spiro atoms. The molecule has 0 aromatic heterocycles. The highest BCUT2D eigenvalue weighted by molar-refractivity contribution is 4.90. The number of hydrogen-bond acceptors (Lipinski definition) is 3. The zero-order chi connectivity index (χ0) is 13.6. The predicted octanol–water partition coefficient (Wildman–Crippen LogP) is 2.39. The Balaban J connectivity index is 1.93. The summed E-state index contributed by atoms with van der Waals surface area (Å²) in [5.41, 5.74) is 0.463. The van der Waals surface area contributed by atoms with E-state index in [4.69, 9.17) is 0 Å². The van der Waals surface area contributed by atoms with Crippen LogP contribution in [0.5, 0.6) is 0 Å². The fourth-order valence-electron chi connectivity index (χ4n) is 3.48. The van der Waals surface area contributed by atoms with E-state index in [0.29, 0.717) is 12.0 Å². The van der Waals surface area contributed by atoms with Crippen LogP contribution < -0.4 is 5.32 Å². The summed E-state index contributed by atoms with van der Waals surface area (Å²) in [6.45, 7) is 6.77. The molecule has 3 heteroatoms. The second kappa shape index (κ2) is 7.61. The fourth-order valence-corrected chi connectivity index (χ4v) is 3.48. The largest absolute Gasteiger partial charge is 0.395 e. The van der Waals surface area contributed by atoms with E-state index in [-0.39, 0.29) is 0 Å². The van der Waals surface area contributed by atoms with Crippen molar-refractivity contribution in [3.8, 4) is 0 Å². The number of hydrogen-bond donors (Lipinski definition) is 2. The smallest absolute Gasteiger partial charge is 0.0558 e. The molecule has 19 heavy (non-hydrogen) atoms. The lowest BCUT2D eigenvalue weighted by Gasteiger charge is -2.38. The number of nitrogens with one attached hydrogen (secondary N) is 1. The quantitative estimate of drug-likeness (QED) is 0.664. The minimum atomic E-state index is 0.292. The number of likely N-dealkylation sites (N-methyl/N-ethyl adjacent to an activating group) is 1. The van der Waals surface area contributed by atoms with Gasteiger partial charge in [0.25, 0.3) is 0 Å². The Morgan fingerprint density at radius 1 is 1.16 bits per heavy atom. The molecule has 0 aromatic carbocycles. The lowest BCUT2D eigenvalue weighted by atomic mass is 9.79. The molecule has 112 valence electrons. The van der Waals surface area contributed by atoms with Gasteiger partial charge in [-0.05, 0) is 37.6 Å². The van der Waals surface area contributed by atoms with Crippen LogP contribution in [0.3, 0.4) is 0 Å². The molecule has 3 nitrogen and oxygen atoms in total. The summed E-state index contributed by atoms with van der Waals surface area (Å²) in [6, 6.07) is 0.813. The summed E-state index contributed by atoms with van der Waals surface area (Å²) in [7, 11) is 0. The Kier molecular flexibility index (Phi) is 6.11. The van der Waals surface area contributed by atoms with Gasteiger partial charge in [-0.1, -0.05) is 32.6 Å². The van der Waals surface area contributed by atoms with Crippen LogP contribution in [0.4, 0.5) is 0 Å². The van der Waals surface area contributed by atoms with Crippen LogP contribution in [0, 0.1) is 5.41 Å². The monoisotopic (exact) mass is 268 g/mol. The lowest BCUT2D eigenvalue weighted by Crippen LogP contribution is -2.45. The normalized spacial score (nSPS) is 23.5. The molecule has 2 fully saturated rings. The zero-order valence-corrected chi connectivity index (χ0v) is 12.7. The molecule has 2 rings (SSSR count).